The Balaban J connectivity index is 1.49. The summed E-state index contributed by atoms with van der Waals surface area (Å²) < 4.78 is 25.4. The average molecular weight is 497 g/mol. The Morgan fingerprint density at radius 2 is 1.63 bits per heavy atom. The maximum absolute atomic E-state index is 13.1. The quantitative estimate of drug-likeness (QED) is 0.188. The molecule has 0 N–H and O–H groups in total. The van der Waals surface area contributed by atoms with Gasteiger partial charge in [0.1, 0.15) is 12.4 Å². The summed E-state index contributed by atoms with van der Waals surface area (Å²) in [5.41, 5.74) is 4.22. The molecule has 1 saturated carbocycles. The van der Waals surface area contributed by atoms with Crippen LogP contribution in [-0.4, -0.2) is 14.1 Å². The molecule has 1 atom stereocenters. The molecule has 0 spiro atoms. The Morgan fingerprint density at radius 3 is 2.26 bits per heavy atom. The van der Waals surface area contributed by atoms with E-state index >= 15 is 0 Å². The first-order valence-corrected chi connectivity index (χ1v) is 15.8. The maximum atomic E-state index is 13.1. The zero-order chi connectivity index (χ0) is 25.5. The number of carbonyl (C=O) groups excluding carboxylic acids is 1. The summed E-state index contributed by atoms with van der Waals surface area (Å²) >= 11 is 0. The van der Waals surface area contributed by atoms with Crippen molar-refractivity contribution in [1.29, 1.82) is 0 Å². The summed E-state index contributed by atoms with van der Waals surface area (Å²) in [4.78, 5) is 12.5. The molecule has 0 radical (unpaired) electrons. The van der Waals surface area contributed by atoms with E-state index in [0.29, 0.717) is 31.1 Å². The van der Waals surface area contributed by atoms with E-state index in [1.807, 2.05) is 6.26 Å². The van der Waals surface area contributed by atoms with Crippen LogP contribution in [0, 0.1) is 11.7 Å². The number of allylic oxidation sites excluding steroid dienone is 1. The number of rotatable bonds is 10. The van der Waals surface area contributed by atoms with Gasteiger partial charge in [0.15, 0.2) is 14.1 Å². The van der Waals surface area contributed by atoms with Crippen molar-refractivity contribution >= 4 is 14.1 Å². The van der Waals surface area contributed by atoms with Gasteiger partial charge in [0.2, 0.25) is 0 Å². The van der Waals surface area contributed by atoms with E-state index in [-0.39, 0.29) is 16.6 Å². The third-order valence-corrected chi connectivity index (χ3v) is 12.1. The van der Waals surface area contributed by atoms with E-state index in [0.717, 1.165) is 24.8 Å². The first kappa shape index (κ1) is 27.3. The van der Waals surface area contributed by atoms with Crippen LogP contribution in [0.4, 0.5) is 4.39 Å². The third-order valence-electron chi connectivity index (χ3n) is 7.59. The normalized spacial score (nSPS) is 18.0. The standard InChI is InChI=1S/C30H41FO3Si/c1-30(2,3)35(4,5)34-21-24-12-10-23(11-13-24)20-33-22-27-9-7-6-8-25(27)16-19-29(32)26-14-17-28(31)18-15-26/h10-15,17-18,22,25H,6-9,16,19-21H2,1-5H3/b27-22+. The number of hydrogen-bond acceptors (Lipinski definition) is 3. The topological polar surface area (TPSA) is 35.5 Å². The van der Waals surface area contributed by atoms with Crippen molar-refractivity contribution in [2.75, 3.05) is 0 Å². The molecule has 2 aromatic rings. The van der Waals surface area contributed by atoms with Crippen molar-refractivity contribution in [2.24, 2.45) is 5.92 Å². The molecule has 0 saturated heterocycles. The Bertz CT molecular complexity index is 988. The van der Waals surface area contributed by atoms with E-state index in [4.69, 9.17) is 9.16 Å². The monoisotopic (exact) mass is 496 g/mol. The van der Waals surface area contributed by atoms with Crippen LogP contribution in [0.25, 0.3) is 0 Å². The van der Waals surface area contributed by atoms with Crippen molar-refractivity contribution in [2.45, 2.75) is 90.6 Å². The Hall–Kier alpha value is -2.24. The van der Waals surface area contributed by atoms with E-state index < -0.39 is 8.32 Å². The highest BCUT2D eigenvalue weighted by Crippen LogP contribution is 2.37. The molecule has 1 aliphatic carbocycles. The molecule has 5 heteroatoms. The summed E-state index contributed by atoms with van der Waals surface area (Å²) in [7, 11) is -1.75. The van der Waals surface area contributed by atoms with Gasteiger partial charge in [0.05, 0.1) is 12.9 Å². The van der Waals surface area contributed by atoms with Crippen LogP contribution in [0.5, 0.6) is 0 Å². The summed E-state index contributed by atoms with van der Waals surface area (Å²) in [6, 6.07) is 14.3. The fraction of sp³-hybridized carbons (Fsp3) is 0.500. The van der Waals surface area contributed by atoms with Crippen LogP contribution < -0.4 is 0 Å². The molecule has 2 aromatic carbocycles. The first-order valence-electron chi connectivity index (χ1n) is 12.9. The average Bonchev–Trinajstić information content (AvgIpc) is 2.82. The molecule has 3 nitrogen and oxygen atoms in total. The van der Waals surface area contributed by atoms with Gasteiger partial charge in [-0.2, -0.15) is 0 Å². The van der Waals surface area contributed by atoms with Gasteiger partial charge >= 0.3 is 0 Å². The second-order valence-corrected chi connectivity index (χ2v) is 16.1. The molecule has 1 unspecified atom stereocenters. The largest absolute Gasteiger partial charge is 0.497 e. The maximum Gasteiger partial charge on any atom is 0.192 e. The fourth-order valence-corrected chi connectivity index (χ4v) is 5.10. The van der Waals surface area contributed by atoms with Gasteiger partial charge in [-0.15, -0.1) is 0 Å². The molecule has 3 rings (SSSR count). The predicted octanol–water partition coefficient (Wildman–Crippen LogP) is 8.60. The molecule has 0 heterocycles. The van der Waals surface area contributed by atoms with Crippen molar-refractivity contribution in [3.05, 3.63) is 82.9 Å². The van der Waals surface area contributed by atoms with Gasteiger partial charge in [0.25, 0.3) is 0 Å². The highest BCUT2D eigenvalue weighted by molar-refractivity contribution is 6.74. The van der Waals surface area contributed by atoms with Crippen LogP contribution in [0.1, 0.15) is 80.8 Å². The zero-order valence-electron chi connectivity index (χ0n) is 22.0. The molecule has 190 valence electrons. The van der Waals surface area contributed by atoms with E-state index in [2.05, 4.69) is 58.1 Å². The van der Waals surface area contributed by atoms with Crippen molar-refractivity contribution in [3.63, 3.8) is 0 Å². The second-order valence-electron chi connectivity index (χ2n) is 11.3. The fourth-order valence-electron chi connectivity index (χ4n) is 4.14. The SMILES string of the molecule is CC(C)(C)[Si](C)(C)OCc1ccc(CO/C=C2\CCCCC2CCC(=O)c2ccc(F)cc2)cc1. The lowest BCUT2D eigenvalue weighted by atomic mass is 9.81. The Morgan fingerprint density at radius 1 is 1.00 bits per heavy atom. The van der Waals surface area contributed by atoms with Crippen LogP contribution in [0.2, 0.25) is 18.1 Å². The van der Waals surface area contributed by atoms with E-state index in [9.17, 15) is 9.18 Å². The molecule has 1 fully saturated rings. The Kier molecular flexibility index (Phi) is 9.48. The van der Waals surface area contributed by atoms with E-state index in [1.165, 1.54) is 36.1 Å². The number of ketones is 1. The van der Waals surface area contributed by atoms with Gasteiger partial charge in [-0.3, -0.25) is 4.79 Å². The summed E-state index contributed by atoms with van der Waals surface area (Å²) in [6.45, 7) is 12.5. The molecule has 0 bridgehead atoms. The molecule has 0 aliphatic heterocycles. The number of carbonyl (C=O) groups is 1. The van der Waals surface area contributed by atoms with Crippen LogP contribution >= 0.6 is 0 Å². The van der Waals surface area contributed by atoms with Gasteiger partial charge in [-0.05, 0) is 90.7 Å². The van der Waals surface area contributed by atoms with Crippen molar-refractivity contribution < 1.29 is 18.3 Å². The minimum absolute atomic E-state index is 0.0773. The lowest BCUT2D eigenvalue weighted by Crippen LogP contribution is -2.40. The minimum atomic E-state index is -1.75. The van der Waals surface area contributed by atoms with Gasteiger partial charge in [-0.25, -0.2) is 4.39 Å². The summed E-state index contributed by atoms with van der Waals surface area (Å²) in [5.74, 6) is 0.141. The molecule has 0 amide bonds. The van der Waals surface area contributed by atoms with Crippen molar-refractivity contribution in [3.8, 4) is 0 Å². The zero-order valence-corrected chi connectivity index (χ0v) is 23.0. The van der Waals surface area contributed by atoms with Crippen LogP contribution in [0.3, 0.4) is 0 Å². The van der Waals surface area contributed by atoms with Crippen LogP contribution in [-0.2, 0) is 22.4 Å². The van der Waals surface area contributed by atoms with E-state index in [1.54, 1.807) is 12.1 Å². The number of Topliss-reactive ketones (excluding diaryl/α,β-unsaturated/α-hetero) is 1. The number of halogens is 1. The van der Waals surface area contributed by atoms with Crippen molar-refractivity contribution in [1.82, 2.24) is 0 Å². The molecule has 35 heavy (non-hydrogen) atoms. The molecular weight excluding hydrogens is 455 g/mol. The van der Waals surface area contributed by atoms with Gasteiger partial charge in [0, 0.05) is 12.0 Å². The number of hydrogen-bond donors (Lipinski definition) is 0. The first-order chi connectivity index (χ1) is 16.5. The second kappa shape index (κ2) is 12.1. The molecule has 0 aromatic heterocycles. The highest BCUT2D eigenvalue weighted by Gasteiger charge is 2.37. The summed E-state index contributed by atoms with van der Waals surface area (Å²) in [6.07, 6.45) is 7.70. The highest BCUT2D eigenvalue weighted by atomic mass is 28.4. The van der Waals surface area contributed by atoms with Crippen LogP contribution in [0.15, 0.2) is 60.4 Å². The van der Waals surface area contributed by atoms with Gasteiger partial charge in [-0.1, -0.05) is 51.5 Å². The summed E-state index contributed by atoms with van der Waals surface area (Å²) in [5, 5.41) is 0.208. The molecular formula is C30H41FO3Si. The lowest BCUT2D eigenvalue weighted by Gasteiger charge is -2.36. The van der Waals surface area contributed by atoms with Gasteiger partial charge < -0.3 is 9.16 Å². The predicted molar refractivity (Wildman–Crippen MR) is 143 cm³/mol. The number of ether oxygens (including phenoxy) is 1. The molecule has 1 aliphatic rings. The lowest BCUT2D eigenvalue weighted by molar-refractivity contribution is 0.0973. The number of benzene rings is 2. The minimum Gasteiger partial charge on any atom is -0.497 e. The Labute approximate surface area is 211 Å². The third kappa shape index (κ3) is 8.15. The smallest absolute Gasteiger partial charge is 0.192 e.